The average Bonchev–Trinajstić information content (AvgIpc) is 2.30. The Hall–Kier alpha value is -1.69. The van der Waals surface area contributed by atoms with Gasteiger partial charge in [-0.15, -0.1) is 0 Å². The first-order chi connectivity index (χ1) is 8.15. The van der Waals surface area contributed by atoms with Crippen LogP contribution in [-0.4, -0.2) is 16.0 Å². The Morgan fingerprint density at radius 1 is 1.12 bits per heavy atom. The average molecular weight is 254 g/mol. The first-order valence-corrected chi connectivity index (χ1v) is 5.64. The predicted molar refractivity (Wildman–Crippen MR) is 62.2 cm³/mol. The Balaban J connectivity index is 2.23. The molecule has 1 N–H and O–H groups in total. The van der Waals surface area contributed by atoms with Gasteiger partial charge in [0.25, 0.3) is 11.3 Å². The van der Waals surface area contributed by atoms with E-state index < -0.39 is 5.76 Å². The van der Waals surface area contributed by atoms with Crippen LogP contribution < -0.4 is 5.56 Å². The lowest BCUT2D eigenvalue weighted by Crippen LogP contribution is -2.05. The first-order valence-electron chi connectivity index (χ1n) is 4.76. The van der Waals surface area contributed by atoms with Crippen LogP contribution in [0.4, 0.5) is 8.78 Å². The molecule has 0 aliphatic carbocycles. The summed E-state index contributed by atoms with van der Waals surface area (Å²) in [5.41, 5.74) is 1.08. The van der Waals surface area contributed by atoms with Gasteiger partial charge in [-0.05, 0) is 18.2 Å². The molecular weight excluding hydrogens is 246 g/mol. The van der Waals surface area contributed by atoms with Crippen LogP contribution in [-0.2, 0) is 0 Å². The number of hydrogen-bond acceptors (Lipinski definition) is 3. The van der Waals surface area contributed by atoms with E-state index in [4.69, 9.17) is 0 Å². The molecule has 0 saturated carbocycles. The number of nitrogens with zero attached hydrogens (tertiary/aromatic N) is 1. The Kier molecular flexibility index (Phi) is 3.53. The molecule has 0 spiro atoms. The number of hydrogen-bond donors (Lipinski definition) is 1. The maximum Gasteiger partial charge on any atom is 0.288 e. The maximum absolute atomic E-state index is 12.1. The maximum atomic E-state index is 12.1. The van der Waals surface area contributed by atoms with Gasteiger partial charge in [0, 0.05) is 16.5 Å². The minimum absolute atomic E-state index is 0.279. The van der Waals surface area contributed by atoms with Gasteiger partial charge >= 0.3 is 0 Å². The fourth-order valence-corrected chi connectivity index (χ4v) is 1.81. The number of benzene rings is 1. The second-order valence-electron chi connectivity index (χ2n) is 3.21. The van der Waals surface area contributed by atoms with E-state index in [1.807, 2.05) is 0 Å². The summed E-state index contributed by atoms with van der Waals surface area (Å²) in [5.74, 6) is -2.42. The smallest absolute Gasteiger partial charge is 0.268 e. The molecule has 0 amide bonds. The normalized spacial score (nSPS) is 10.8. The zero-order valence-electron chi connectivity index (χ0n) is 8.56. The SMILES string of the molecule is O=c1ccc(-c2ccc(SC(F)F)cc2)n[nH]1. The van der Waals surface area contributed by atoms with Crippen LogP contribution in [0.5, 0.6) is 0 Å². The summed E-state index contributed by atoms with van der Waals surface area (Å²) >= 11 is 0.493. The Bertz CT molecular complexity index is 534. The number of halogens is 2. The van der Waals surface area contributed by atoms with E-state index in [1.165, 1.54) is 6.07 Å². The van der Waals surface area contributed by atoms with Gasteiger partial charge < -0.3 is 0 Å². The van der Waals surface area contributed by atoms with Crippen molar-refractivity contribution in [1.82, 2.24) is 10.2 Å². The van der Waals surface area contributed by atoms with E-state index in [9.17, 15) is 13.6 Å². The fraction of sp³-hybridized carbons (Fsp3) is 0.0909. The first kappa shape index (κ1) is 11.8. The number of aromatic amines is 1. The standard InChI is InChI=1S/C11H8F2N2OS/c12-11(13)17-8-3-1-7(2-4-8)9-5-6-10(16)15-14-9/h1-6,11H,(H,15,16). The van der Waals surface area contributed by atoms with Crippen LogP contribution in [0.25, 0.3) is 11.3 Å². The number of alkyl halides is 2. The molecule has 0 aliphatic heterocycles. The van der Waals surface area contributed by atoms with Crippen LogP contribution >= 0.6 is 11.8 Å². The molecule has 0 aliphatic rings. The zero-order valence-corrected chi connectivity index (χ0v) is 9.38. The van der Waals surface area contributed by atoms with Gasteiger partial charge in [-0.1, -0.05) is 23.9 Å². The highest BCUT2D eigenvalue weighted by Gasteiger charge is 2.05. The van der Waals surface area contributed by atoms with Gasteiger partial charge in [0.1, 0.15) is 0 Å². The van der Waals surface area contributed by atoms with E-state index in [-0.39, 0.29) is 5.56 Å². The molecular formula is C11H8F2N2OS. The van der Waals surface area contributed by atoms with Gasteiger partial charge in [0.15, 0.2) is 0 Å². The molecule has 0 unspecified atom stereocenters. The highest BCUT2D eigenvalue weighted by Crippen LogP contribution is 2.26. The largest absolute Gasteiger partial charge is 0.288 e. The summed E-state index contributed by atoms with van der Waals surface area (Å²) in [5, 5.41) is 6.16. The van der Waals surface area contributed by atoms with Gasteiger partial charge in [-0.3, -0.25) is 4.79 Å². The molecule has 0 bridgehead atoms. The molecule has 2 rings (SSSR count). The van der Waals surface area contributed by atoms with E-state index in [0.29, 0.717) is 22.4 Å². The lowest BCUT2D eigenvalue weighted by molar-refractivity contribution is 0.252. The molecule has 0 atom stereocenters. The van der Waals surface area contributed by atoms with Crippen LogP contribution in [0.3, 0.4) is 0 Å². The van der Waals surface area contributed by atoms with E-state index in [0.717, 1.165) is 5.56 Å². The lowest BCUT2D eigenvalue weighted by Gasteiger charge is -2.02. The van der Waals surface area contributed by atoms with Crippen molar-refractivity contribution in [2.24, 2.45) is 0 Å². The van der Waals surface area contributed by atoms with Gasteiger partial charge in [-0.2, -0.15) is 13.9 Å². The molecule has 0 radical (unpaired) electrons. The summed E-state index contributed by atoms with van der Waals surface area (Å²) in [6.45, 7) is 0. The van der Waals surface area contributed by atoms with Crippen molar-refractivity contribution < 1.29 is 8.78 Å². The highest BCUT2D eigenvalue weighted by atomic mass is 32.2. The van der Waals surface area contributed by atoms with Crippen LogP contribution in [0.2, 0.25) is 0 Å². The van der Waals surface area contributed by atoms with Crippen molar-refractivity contribution >= 4 is 11.8 Å². The molecule has 0 saturated heterocycles. The summed E-state index contributed by atoms with van der Waals surface area (Å²) in [7, 11) is 0. The molecule has 3 nitrogen and oxygen atoms in total. The minimum atomic E-state index is -2.42. The van der Waals surface area contributed by atoms with E-state index in [1.54, 1.807) is 30.3 Å². The van der Waals surface area contributed by atoms with E-state index in [2.05, 4.69) is 10.2 Å². The van der Waals surface area contributed by atoms with Crippen molar-refractivity contribution in [1.29, 1.82) is 0 Å². The van der Waals surface area contributed by atoms with Crippen molar-refractivity contribution in [3.63, 3.8) is 0 Å². The molecule has 1 aromatic carbocycles. The molecule has 17 heavy (non-hydrogen) atoms. The third-order valence-electron chi connectivity index (χ3n) is 2.05. The van der Waals surface area contributed by atoms with Crippen molar-refractivity contribution in [3.05, 3.63) is 46.8 Å². The predicted octanol–water partition coefficient (Wildman–Crippen LogP) is 2.75. The summed E-state index contributed by atoms with van der Waals surface area (Å²) in [6.07, 6.45) is 0. The van der Waals surface area contributed by atoms with Crippen LogP contribution in [0.1, 0.15) is 0 Å². The minimum Gasteiger partial charge on any atom is -0.268 e. The van der Waals surface area contributed by atoms with Crippen molar-refractivity contribution in [2.45, 2.75) is 10.7 Å². The Morgan fingerprint density at radius 2 is 1.82 bits per heavy atom. The van der Waals surface area contributed by atoms with Crippen molar-refractivity contribution in [3.8, 4) is 11.3 Å². The molecule has 88 valence electrons. The molecule has 6 heteroatoms. The number of thioether (sulfide) groups is 1. The Labute approximate surface area is 99.9 Å². The second kappa shape index (κ2) is 5.09. The molecule has 1 heterocycles. The summed E-state index contributed by atoms with van der Waals surface area (Å²) in [6, 6.07) is 9.51. The number of rotatable bonds is 3. The molecule has 2 aromatic rings. The van der Waals surface area contributed by atoms with E-state index >= 15 is 0 Å². The topological polar surface area (TPSA) is 45.8 Å². The number of H-pyrrole nitrogens is 1. The number of aromatic nitrogens is 2. The zero-order chi connectivity index (χ0) is 12.3. The number of nitrogens with one attached hydrogen (secondary N) is 1. The second-order valence-corrected chi connectivity index (χ2v) is 4.27. The lowest BCUT2D eigenvalue weighted by atomic mass is 10.1. The Morgan fingerprint density at radius 3 is 2.35 bits per heavy atom. The summed E-state index contributed by atoms with van der Waals surface area (Å²) < 4.78 is 24.2. The van der Waals surface area contributed by atoms with Gasteiger partial charge in [0.2, 0.25) is 0 Å². The van der Waals surface area contributed by atoms with Crippen LogP contribution in [0.15, 0.2) is 46.1 Å². The van der Waals surface area contributed by atoms with Gasteiger partial charge in [-0.25, -0.2) is 5.10 Å². The molecule has 0 fully saturated rings. The molecule has 1 aromatic heterocycles. The van der Waals surface area contributed by atoms with Crippen molar-refractivity contribution in [2.75, 3.05) is 0 Å². The van der Waals surface area contributed by atoms with Gasteiger partial charge in [0.05, 0.1) is 5.69 Å². The van der Waals surface area contributed by atoms with Crippen LogP contribution in [0, 0.1) is 0 Å². The monoisotopic (exact) mass is 254 g/mol. The summed E-state index contributed by atoms with van der Waals surface area (Å²) in [4.78, 5) is 11.3. The highest BCUT2D eigenvalue weighted by molar-refractivity contribution is 7.99. The third kappa shape index (κ3) is 3.13. The third-order valence-corrected chi connectivity index (χ3v) is 2.78. The fourth-order valence-electron chi connectivity index (χ4n) is 1.31. The quantitative estimate of drug-likeness (QED) is 0.857.